The molecule has 13 heteroatoms. The number of hydrogen-bond acceptors (Lipinski definition) is 10. The highest BCUT2D eigenvalue weighted by Gasteiger charge is 2.30. The Morgan fingerprint density at radius 1 is 1.18 bits per heavy atom. The summed E-state index contributed by atoms with van der Waals surface area (Å²) in [6.45, 7) is 1.01. The summed E-state index contributed by atoms with van der Waals surface area (Å²) in [5.41, 5.74) is 1.37. The highest BCUT2D eigenvalue weighted by Crippen LogP contribution is 2.41. The third-order valence-corrected chi connectivity index (χ3v) is 7.51. The molecule has 12 nitrogen and oxygen atoms in total. The van der Waals surface area contributed by atoms with Crippen LogP contribution in [-0.2, 0) is 9.53 Å². The van der Waals surface area contributed by atoms with Crippen LogP contribution >= 0.6 is 11.3 Å². The zero-order valence-electron chi connectivity index (χ0n) is 24.4. The molecule has 1 aliphatic heterocycles. The average Bonchev–Trinajstić information content (AvgIpc) is 3.74. The van der Waals surface area contributed by atoms with E-state index in [2.05, 4.69) is 25.8 Å². The summed E-state index contributed by atoms with van der Waals surface area (Å²) in [6.07, 6.45) is 1.56. The van der Waals surface area contributed by atoms with Crippen molar-refractivity contribution in [1.82, 2.24) is 25.4 Å². The molecule has 1 aromatic carbocycles. The van der Waals surface area contributed by atoms with E-state index >= 15 is 0 Å². The van der Waals surface area contributed by atoms with Crippen LogP contribution in [-0.4, -0.2) is 78.2 Å². The number of nitrogens with zero attached hydrogens (tertiary/aromatic N) is 4. The first-order valence-electron chi connectivity index (χ1n) is 13.8. The largest absolute Gasteiger partial charge is 0.494 e. The molecule has 39 heavy (non-hydrogen) atoms. The summed E-state index contributed by atoms with van der Waals surface area (Å²) in [5, 5.41) is 16.1. The molecule has 3 heterocycles. The Morgan fingerprint density at radius 2 is 1.97 bits per heavy atom. The number of ether oxygens (including phenoxy) is 2. The number of amides is 3. The number of carbonyl (C=O) groups is 3. The second kappa shape index (κ2) is 11.3. The molecule has 2 aromatic heterocycles. The monoisotopic (exact) mass is 554 g/mol. The zero-order valence-corrected chi connectivity index (χ0v) is 22.2. The Labute approximate surface area is 233 Å². The van der Waals surface area contributed by atoms with Gasteiger partial charge in [-0.05, 0) is 31.9 Å². The maximum Gasteiger partial charge on any atom is 0.273 e. The Kier molecular flexibility index (Phi) is 6.64. The van der Waals surface area contributed by atoms with Crippen LogP contribution in [0.3, 0.4) is 0 Å². The number of methoxy groups -OCH3 is 1. The number of aromatic nitrogens is 3. The zero-order chi connectivity index (χ0) is 30.0. The van der Waals surface area contributed by atoms with E-state index in [0.717, 1.165) is 12.8 Å². The van der Waals surface area contributed by atoms with E-state index in [0.29, 0.717) is 58.9 Å². The van der Waals surface area contributed by atoms with Gasteiger partial charge < -0.3 is 30.3 Å². The number of morpholine rings is 1. The van der Waals surface area contributed by atoms with Crippen molar-refractivity contribution in [3.63, 3.8) is 0 Å². The van der Waals surface area contributed by atoms with Gasteiger partial charge in [0.2, 0.25) is 5.91 Å². The summed E-state index contributed by atoms with van der Waals surface area (Å²) in [6, 6.07) is 6.63. The van der Waals surface area contributed by atoms with Crippen LogP contribution in [0.15, 0.2) is 24.3 Å². The molecule has 1 aliphatic carbocycles. The lowest BCUT2D eigenvalue weighted by molar-refractivity contribution is -0.117. The lowest BCUT2D eigenvalue weighted by Crippen LogP contribution is -2.40. The number of para-hydroxylation sites is 1. The van der Waals surface area contributed by atoms with Crippen molar-refractivity contribution in [3.05, 3.63) is 40.5 Å². The van der Waals surface area contributed by atoms with Crippen LogP contribution in [0.1, 0.15) is 42.8 Å². The first-order valence-corrected chi connectivity index (χ1v) is 13.2. The van der Waals surface area contributed by atoms with Crippen LogP contribution in [0.2, 0.25) is 0 Å². The molecule has 0 spiro atoms. The van der Waals surface area contributed by atoms with Gasteiger partial charge in [-0.25, -0.2) is 4.98 Å². The first-order chi connectivity index (χ1) is 20.0. The fourth-order valence-electron chi connectivity index (χ4n) is 4.14. The second-order valence-corrected chi connectivity index (χ2v) is 10.1. The summed E-state index contributed by atoms with van der Waals surface area (Å²) in [7, 11) is 1.47. The standard InChI is InChI=1S/C26H29N7O5S/c1-14-22(26(36)33-9-11-38-12-10-33)39-25(28-14)16-5-4-6-17(21(16)37-3)29-18-13-19(30-23(34)15-7-8-15)31-32-20(18)24(35)27-2/h4-6,13,15H,7-12H2,1-3H3,(H,27,35)(H2,29,30,31,34)/i2D3. The van der Waals surface area contributed by atoms with Gasteiger partial charge in [0.15, 0.2) is 17.3 Å². The molecule has 2 fully saturated rings. The first kappa shape index (κ1) is 22.8. The fourth-order valence-corrected chi connectivity index (χ4v) is 5.19. The molecule has 0 radical (unpaired) electrons. The van der Waals surface area contributed by atoms with E-state index < -0.39 is 12.9 Å². The van der Waals surface area contributed by atoms with Gasteiger partial charge in [-0.2, -0.15) is 0 Å². The molecule has 5 rings (SSSR count). The minimum Gasteiger partial charge on any atom is -0.494 e. The minimum atomic E-state index is -2.76. The summed E-state index contributed by atoms with van der Waals surface area (Å²) in [5.74, 6) is -0.948. The predicted molar refractivity (Wildman–Crippen MR) is 146 cm³/mol. The molecule has 0 unspecified atom stereocenters. The third kappa shape index (κ3) is 5.68. The van der Waals surface area contributed by atoms with E-state index in [1.54, 1.807) is 30.0 Å². The minimum absolute atomic E-state index is 0.0896. The molecule has 2 aliphatic rings. The van der Waals surface area contributed by atoms with E-state index in [4.69, 9.17) is 13.6 Å². The molecule has 3 N–H and O–H groups in total. The quantitative estimate of drug-likeness (QED) is 0.382. The molecule has 0 atom stereocenters. The number of nitrogens with one attached hydrogen (secondary N) is 3. The van der Waals surface area contributed by atoms with Gasteiger partial charge in [0, 0.05) is 36.2 Å². The Bertz CT molecular complexity index is 1520. The topological polar surface area (TPSA) is 148 Å². The Hall–Kier alpha value is -4.10. The van der Waals surface area contributed by atoms with Crippen molar-refractivity contribution in [2.75, 3.05) is 51.0 Å². The molecule has 1 saturated heterocycles. The number of aryl methyl sites for hydroxylation is 1. The van der Waals surface area contributed by atoms with Gasteiger partial charge in [-0.1, -0.05) is 6.07 Å². The molecule has 3 aromatic rings. The summed E-state index contributed by atoms with van der Waals surface area (Å²) < 4.78 is 33.3. The van der Waals surface area contributed by atoms with Gasteiger partial charge in [0.1, 0.15) is 9.88 Å². The van der Waals surface area contributed by atoms with E-state index in [9.17, 15) is 14.4 Å². The average molecular weight is 555 g/mol. The maximum absolute atomic E-state index is 13.2. The van der Waals surface area contributed by atoms with Gasteiger partial charge in [-0.15, -0.1) is 21.5 Å². The highest BCUT2D eigenvalue weighted by molar-refractivity contribution is 7.17. The normalized spacial score (nSPS) is 16.5. The maximum atomic E-state index is 13.2. The third-order valence-electron chi connectivity index (χ3n) is 6.33. The highest BCUT2D eigenvalue weighted by atomic mass is 32.1. The number of hydrogen-bond donors (Lipinski definition) is 3. The van der Waals surface area contributed by atoms with Crippen LogP contribution in [0.25, 0.3) is 10.6 Å². The Morgan fingerprint density at radius 3 is 2.69 bits per heavy atom. The van der Waals surface area contributed by atoms with Crippen molar-refractivity contribution < 1.29 is 28.0 Å². The lowest BCUT2D eigenvalue weighted by Gasteiger charge is -2.26. The van der Waals surface area contributed by atoms with Gasteiger partial charge >= 0.3 is 0 Å². The van der Waals surface area contributed by atoms with Crippen molar-refractivity contribution >= 4 is 46.3 Å². The predicted octanol–water partition coefficient (Wildman–Crippen LogP) is 2.84. The molecule has 3 amide bonds. The van der Waals surface area contributed by atoms with Gasteiger partial charge in [-0.3, -0.25) is 14.4 Å². The number of benzene rings is 1. The molecule has 204 valence electrons. The summed E-state index contributed by atoms with van der Waals surface area (Å²) in [4.78, 5) is 45.2. The van der Waals surface area contributed by atoms with E-state index in [1.165, 1.54) is 24.5 Å². The van der Waals surface area contributed by atoms with Crippen molar-refractivity contribution in [1.29, 1.82) is 0 Å². The van der Waals surface area contributed by atoms with Gasteiger partial charge in [0.05, 0.1) is 43.0 Å². The fraction of sp³-hybridized carbons (Fsp3) is 0.385. The number of carbonyl (C=O) groups excluding carboxylic acids is 3. The second-order valence-electron chi connectivity index (χ2n) is 9.06. The number of anilines is 3. The summed E-state index contributed by atoms with van der Waals surface area (Å²) >= 11 is 1.24. The number of thiazole rings is 1. The SMILES string of the molecule is [2H]C([2H])([2H])NC(=O)c1nnc(NC(=O)C2CC2)cc1Nc1cccc(-c2nc(C)c(C(=O)N3CCOCC3)s2)c1OC. The molecular weight excluding hydrogens is 522 g/mol. The molecular formula is C26H29N7O5S. The van der Waals surface area contributed by atoms with Crippen molar-refractivity contribution in [3.8, 4) is 16.3 Å². The van der Waals surface area contributed by atoms with Crippen LogP contribution in [0, 0.1) is 12.8 Å². The van der Waals surface area contributed by atoms with Crippen molar-refractivity contribution in [2.45, 2.75) is 19.8 Å². The van der Waals surface area contributed by atoms with Crippen molar-refractivity contribution in [2.24, 2.45) is 5.92 Å². The molecule has 0 bridgehead atoms. The Balaban J connectivity index is 1.48. The molecule has 1 saturated carbocycles. The van der Waals surface area contributed by atoms with E-state index in [-0.39, 0.29) is 34.9 Å². The van der Waals surface area contributed by atoms with E-state index in [1.807, 2.05) is 5.32 Å². The van der Waals surface area contributed by atoms with Crippen LogP contribution in [0.5, 0.6) is 5.75 Å². The smallest absolute Gasteiger partial charge is 0.273 e. The van der Waals surface area contributed by atoms with Crippen LogP contribution < -0.4 is 20.7 Å². The van der Waals surface area contributed by atoms with Gasteiger partial charge in [0.25, 0.3) is 11.8 Å². The number of rotatable bonds is 8. The lowest BCUT2D eigenvalue weighted by atomic mass is 10.1. The van der Waals surface area contributed by atoms with Crippen LogP contribution in [0.4, 0.5) is 17.2 Å².